The number of aromatic nitrogens is 2. The Morgan fingerprint density at radius 3 is 2.02 bits per heavy atom. The second-order valence-electron chi connectivity index (χ2n) is 10.9. The van der Waals surface area contributed by atoms with Gasteiger partial charge in [-0.2, -0.15) is 36.9 Å². The second kappa shape index (κ2) is 20.3. The monoisotopic (exact) mass is 844 g/mol. The molecule has 2 aromatic carbocycles. The first kappa shape index (κ1) is 44.8. The van der Waals surface area contributed by atoms with Crippen molar-refractivity contribution in [3.05, 3.63) is 75.8 Å². The average Bonchev–Trinajstić information content (AvgIpc) is 3.86. The van der Waals surface area contributed by atoms with Crippen molar-refractivity contribution >= 4 is 58.4 Å². The van der Waals surface area contributed by atoms with E-state index in [0.717, 1.165) is 35.7 Å². The quantitative estimate of drug-likeness (QED) is 0.0542. The number of nitrogens with two attached hydrogens (primary N) is 1. The Kier molecular flexibility index (Phi) is 16.3. The summed E-state index contributed by atoms with van der Waals surface area (Å²) in [6.45, 7) is 1.16. The minimum Gasteiger partial charge on any atom is -0.490 e. The summed E-state index contributed by atoms with van der Waals surface area (Å²) in [5, 5.41) is 41.2. The number of carbonyl (C=O) groups is 3. The molecule has 1 atom stereocenters. The molecule has 56 heavy (non-hydrogen) atoms. The van der Waals surface area contributed by atoms with Gasteiger partial charge in [-0.3, -0.25) is 4.79 Å². The van der Waals surface area contributed by atoms with E-state index in [-0.39, 0.29) is 42.2 Å². The highest BCUT2D eigenvalue weighted by Crippen LogP contribution is 2.37. The number of rotatable bonds is 10. The fourth-order valence-electron chi connectivity index (χ4n) is 4.44. The number of alkyl halides is 6. The van der Waals surface area contributed by atoms with E-state index in [1.165, 1.54) is 23.1 Å². The normalized spacial score (nSPS) is 13.5. The van der Waals surface area contributed by atoms with Gasteiger partial charge in [-0.1, -0.05) is 47.6 Å². The Morgan fingerprint density at radius 1 is 0.929 bits per heavy atom. The fourth-order valence-corrected chi connectivity index (χ4v) is 6.38. The highest BCUT2D eigenvalue weighted by Gasteiger charge is 2.39. The minimum absolute atomic E-state index is 0.0491. The third-order valence-corrected chi connectivity index (χ3v) is 9.19. The van der Waals surface area contributed by atoms with Crippen molar-refractivity contribution in [2.24, 2.45) is 0 Å². The lowest BCUT2D eigenvalue weighted by Gasteiger charge is -2.14. The lowest BCUT2D eigenvalue weighted by atomic mass is 9.97. The number of benzene rings is 2. The van der Waals surface area contributed by atoms with Gasteiger partial charge in [0, 0.05) is 27.3 Å². The van der Waals surface area contributed by atoms with E-state index in [1.54, 1.807) is 24.3 Å². The molecule has 1 fully saturated rings. The molecule has 0 unspecified atom stereocenters. The van der Waals surface area contributed by atoms with Crippen LogP contribution in [0.25, 0.3) is 21.7 Å². The molecule has 3 heterocycles. The largest absolute Gasteiger partial charge is 0.490 e. The topological polar surface area (TPSA) is 222 Å². The van der Waals surface area contributed by atoms with Crippen LogP contribution in [0, 0.1) is 22.7 Å². The van der Waals surface area contributed by atoms with Crippen molar-refractivity contribution in [1.29, 1.82) is 10.5 Å². The number of halogens is 7. The maximum atomic E-state index is 12.0. The van der Waals surface area contributed by atoms with Crippen LogP contribution in [-0.4, -0.2) is 76.2 Å². The number of carboxylic acids is 2. The molecule has 296 valence electrons. The molecule has 0 bridgehead atoms. The van der Waals surface area contributed by atoms with Gasteiger partial charge < -0.3 is 30.7 Å². The van der Waals surface area contributed by atoms with Crippen molar-refractivity contribution < 1.29 is 60.4 Å². The summed E-state index contributed by atoms with van der Waals surface area (Å²) in [5.74, 6) is -4.71. The number of hydrogen-bond donors (Lipinski definition) is 4. The maximum Gasteiger partial charge on any atom is 0.490 e. The lowest BCUT2D eigenvalue weighted by molar-refractivity contribution is -0.193. The summed E-state index contributed by atoms with van der Waals surface area (Å²) in [4.78, 5) is 38.9. The molecular formula is C34H27ClF6N6O7S2. The number of thioether (sulfide) groups is 1. The Morgan fingerprint density at radius 2 is 1.50 bits per heavy atom. The number of esters is 1. The summed E-state index contributed by atoms with van der Waals surface area (Å²) in [6, 6.07) is 18.5. The standard InChI is InChI=1S/C30H25ClN6O3S2.2C2HF3O2/c31-20-7-3-19(4-8-20)28-36-21(16-41-28)17-42-29-24(15-33)26(23(14-32)27(34)37-29)18-5-9-22(10-6-18)39-12-13-40-30(38)25-2-1-11-35-25;2*3-2(4,5)1(6)7/h3-10,16,25,35H,1-2,11-13,17H2,(H2,34,37);2*(H,6,7)/t25-;;/m0../s1. The zero-order chi connectivity index (χ0) is 41.6. The van der Waals surface area contributed by atoms with Crippen LogP contribution in [0.3, 0.4) is 0 Å². The fraction of sp³-hybridized carbons (Fsp3) is 0.265. The van der Waals surface area contributed by atoms with E-state index in [9.17, 15) is 41.7 Å². The number of nitriles is 2. The van der Waals surface area contributed by atoms with Gasteiger partial charge in [0.15, 0.2) is 0 Å². The van der Waals surface area contributed by atoms with Crippen LogP contribution in [0.1, 0.15) is 29.7 Å². The number of anilines is 1. The van der Waals surface area contributed by atoms with Gasteiger partial charge in [0.05, 0.1) is 11.3 Å². The third kappa shape index (κ3) is 13.3. The van der Waals surface area contributed by atoms with Gasteiger partial charge in [-0.15, -0.1) is 11.3 Å². The molecular weight excluding hydrogens is 818 g/mol. The van der Waals surface area contributed by atoms with Crippen LogP contribution < -0.4 is 15.8 Å². The van der Waals surface area contributed by atoms with Crippen LogP contribution in [0.2, 0.25) is 5.02 Å². The molecule has 0 spiro atoms. The molecule has 1 aliphatic rings. The Hall–Kier alpha value is -5.61. The Labute approximate surface area is 326 Å². The number of thiazole rings is 1. The molecule has 1 saturated heterocycles. The van der Waals surface area contributed by atoms with Crippen molar-refractivity contribution in [3.63, 3.8) is 0 Å². The van der Waals surface area contributed by atoms with E-state index in [0.29, 0.717) is 32.7 Å². The first-order valence-corrected chi connectivity index (χ1v) is 17.8. The number of nitrogens with zero attached hydrogens (tertiary/aromatic N) is 4. The van der Waals surface area contributed by atoms with E-state index in [4.69, 9.17) is 51.6 Å². The first-order valence-electron chi connectivity index (χ1n) is 15.6. The number of carbonyl (C=O) groups excluding carboxylic acids is 1. The minimum atomic E-state index is -5.08. The highest BCUT2D eigenvalue weighted by atomic mass is 35.5. The predicted molar refractivity (Wildman–Crippen MR) is 190 cm³/mol. The van der Waals surface area contributed by atoms with Crippen LogP contribution in [0.5, 0.6) is 5.75 Å². The number of pyridine rings is 1. The van der Waals surface area contributed by atoms with Crippen molar-refractivity contribution in [2.75, 3.05) is 25.5 Å². The molecule has 4 aromatic rings. The zero-order valence-corrected chi connectivity index (χ0v) is 30.7. The molecule has 2 aromatic heterocycles. The summed E-state index contributed by atoms with van der Waals surface area (Å²) < 4.78 is 74.5. The third-order valence-electron chi connectivity index (χ3n) is 6.98. The van der Waals surface area contributed by atoms with Gasteiger partial charge in [-0.05, 0) is 49.2 Å². The molecule has 0 saturated carbocycles. The van der Waals surface area contributed by atoms with Gasteiger partial charge >= 0.3 is 30.3 Å². The van der Waals surface area contributed by atoms with Gasteiger partial charge in [-0.25, -0.2) is 19.6 Å². The van der Waals surface area contributed by atoms with Crippen molar-refractivity contribution in [3.8, 4) is 39.6 Å². The Bertz CT molecular complexity index is 2060. The van der Waals surface area contributed by atoms with Gasteiger partial charge in [0.1, 0.15) is 58.6 Å². The molecule has 13 nitrogen and oxygen atoms in total. The molecule has 5 rings (SSSR count). The van der Waals surface area contributed by atoms with Crippen LogP contribution in [0.4, 0.5) is 32.2 Å². The molecule has 22 heteroatoms. The SMILES string of the molecule is N#Cc1c(N)nc(SCc2csc(-c3ccc(Cl)cc3)n2)c(C#N)c1-c1ccc(OCCOC(=O)[C@@H]2CCCN2)cc1.O=C(O)C(F)(F)F.O=C(O)C(F)(F)F. The highest BCUT2D eigenvalue weighted by molar-refractivity contribution is 7.98. The van der Waals surface area contributed by atoms with Crippen LogP contribution >= 0.6 is 34.7 Å². The zero-order valence-electron chi connectivity index (χ0n) is 28.3. The smallest absolute Gasteiger partial charge is 0.490 e. The number of nitrogens with one attached hydrogen (secondary N) is 1. The molecule has 1 aliphatic heterocycles. The molecule has 0 aliphatic carbocycles. The number of aliphatic carboxylic acids is 2. The number of hydrogen-bond acceptors (Lipinski definition) is 13. The number of carboxylic acid groups (broad SMARTS) is 2. The lowest BCUT2D eigenvalue weighted by Crippen LogP contribution is -2.33. The average molecular weight is 845 g/mol. The maximum absolute atomic E-state index is 12.0. The number of nitrogen functional groups attached to an aromatic ring is 1. The Balaban J connectivity index is 0.000000512. The molecule has 0 amide bonds. The molecule has 0 radical (unpaired) electrons. The van der Waals surface area contributed by atoms with Crippen molar-refractivity contribution in [2.45, 2.75) is 42.0 Å². The van der Waals surface area contributed by atoms with E-state index in [1.807, 2.05) is 29.6 Å². The van der Waals surface area contributed by atoms with E-state index in [2.05, 4.69) is 22.4 Å². The number of ether oxygens (including phenoxy) is 2. The summed E-state index contributed by atoms with van der Waals surface area (Å²) in [6.07, 6.45) is -8.42. The van der Waals surface area contributed by atoms with Gasteiger partial charge in [0.2, 0.25) is 0 Å². The summed E-state index contributed by atoms with van der Waals surface area (Å²) >= 11 is 8.85. The molecule has 5 N–H and O–H groups in total. The summed E-state index contributed by atoms with van der Waals surface area (Å²) in [5.41, 5.74) is 9.43. The second-order valence-corrected chi connectivity index (χ2v) is 13.1. The van der Waals surface area contributed by atoms with E-state index >= 15 is 0 Å². The van der Waals surface area contributed by atoms with Crippen molar-refractivity contribution in [1.82, 2.24) is 15.3 Å². The van der Waals surface area contributed by atoms with Crippen LogP contribution in [0.15, 0.2) is 58.9 Å². The van der Waals surface area contributed by atoms with E-state index < -0.39 is 24.3 Å². The summed E-state index contributed by atoms with van der Waals surface area (Å²) in [7, 11) is 0. The predicted octanol–water partition coefficient (Wildman–Crippen LogP) is 7.08. The van der Waals surface area contributed by atoms with Gasteiger partial charge in [0.25, 0.3) is 0 Å². The first-order chi connectivity index (χ1) is 26.3. The van der Waals surface area contributed by atoms with Crippen LogP contribution in [-0.2, 0) is 24.9 Å².